The second-order valence-electron chi connectivity index (χ2n) is 4.81. The molecule has 0 saturated heterocycles. The normalized spacial score (nSPS) is 17.5. The van der Waals surface area contributed by atoms with E-state index < -0.39 is 21.0 Å². The first-order chi connectivity index (χ1) is 10.4. The van der Waals surface area contributed by atoms with E-state index in [1.54, 1.807) is 18.2 Å². The van der Waals surface area contributed by atoms with Gasteiger partial charge in [0, 0.05) is 0 Å². The summed E-state index contributed by atoms with van der Waals surface area (Å²) in [6, 6.07) is 14.9. The van der Waals surface area contributed by atoms with Gasteiger partial charge in [-0.05, 0) is 30.2 Å². The molecular weight excluding hydrogens is 324 g/mol. The lowest BCUT2D eigenvalue weighted by Crippen LogP contribution is -2.60. The van der Waals surface area contributed by atoms with Crippen LogP contribution in [-0.2, 0) is 3.74 Å². The average molecular weight is 337 g/mol. The highest BCUT2D eigenvalue weighted by Gasteiger charge is 2.29. The van der Waals surface area contributed by atoms with Crippen molar-refractivity contribution >= 4 is 21.7 Å². The Labute approximate surface area is 133 Å². The van der Waals surface area contributed by atoms with E-state index in [0.29, 0.717) is 9.76 Å². The third kappa shape index (κ3) is 3.30. The molecule has 1 atom stereocenters. The number of rotatable bonds is 3. The summed E-state index contributed by atoms with van der Waals surface area (Å²) in [6.07, 6.45) is 3.70. The summed E-state index contributed by atoms with van der Waals surface area (Å²) in [4.78, 5) is 1.36. The molecule has 3 rings (SSSR count). The van der Waals surface area contributed by atoms with Gasteiger partial charge in [0.25, 0.3) is 0 Å². The Hall–Kier alpha value is -1.47. The van der Waals surface area contributed by atoms with Crippen molar-refractivity contribution in [3.05, 3.63) is 71.3 Å². The van der Waals surface area contributed by atoms with E-state index in [1.807, 2.05) is 49.4 Å². The van der Waals surface area contributed by atoms with Crippen molar-refractivity contribution in [2.45, 2.75) is 11.8 Å². The molecule has 1 heterocycles. The summed E-state index contributed by atoms with van der Waals surface area (Å²) in [5.74, 6) is 0. The summed E-state index contributed by atoms with van der Waals surface area (Å²) in [5.41, 5.74) is 2.78. The van der Waals surface area contributed by atoms with Gasteiger partial charge in [-0.15, -0.1) is 0 Å². The monoisotopic (exact) mass is 336 g/mol. The van der Waals surface area contributed by atoms with Crippen molar-refractivity contribution in [1.82, 2.24) is 0 Å². The summed E-state index contributed by atoms with van der Waals surface area (Å²) >= 11 is 0. The van der Waals surface area contributed by atoms with Crippen LogP contribution in [0.15, 0.2) is 59.5 Å². The number of fused-ring (bicyclic) bond motifs is 1. The van der Waals surface area contributed by atoms with Gasteiger partial charge < -0.3 is 0 Å². The lowest BCUT2D eigenvalue weighted by molar-refractivity contribution is -1.91. The molecule has 22 heavy (non-hydrogen) atoms. The molecule has 0 bridgehead atoms. The highest BCUT2D eigenvalue weighted by molar-refractivity contribution is 8.12. The molecule has 0 saturated carbocycles. The molecule has 6 heteroatoms. The maximum Gasteiger partial charge on any atom is 0.148 e. The first-order valence-electron chi connectivity index (χ1n) is 6.50. The van der Waals surface area contributed by atoms with E-state index in [2.05, 4.69) is 0 Å². The molecule has 1 aliphatic rings. The topological polar surface area (TPSA) is 78.4 Å². The smallest absolute Gasteiger partial charge is 0.148 e. The van der Waals surface area contributed by atoms with Gasteiger partial charge >= 0.3 is 0 Å². The maximum absolute atomic E-state index is 11.1. The van der Waals surface area contributed by atoms with Gasteiger partial charge in [-0.2, -0.15) is 14.0 Å². The van der Waals surface area contributed by atoms with Crippen LogP contribution in [0.3, 0.4) is 0 Å². The second-order valence-corrected chi connectivity index (χ2v) is 7.49. The fourth-order valence-corrected chi connectivity index (χ4v) is 4.69. The largest absolute Gasteiger partial charge is 0.182 e. The zero-order chi connectivity index (χ0) is 15.7. The molecular formula is C16H13ClO4S. The molecule has 0 fully saturated rings. The van der Waals surface area contributed by atoms with Gasteiger partial charge in [0.05, 0.1) is 20.0 Å². The summed E-state index contributed by atoms with van der Waals surface area (Å²) in [5, 5.41) is 0. The summed E-state index contributed by atoms with van der Waals surface area (Å²) in [6.45, 7) is 1.97. The Bertz CT molecular complexity index is 760. The van der Waals surface area contributed by atoms with Crippen LogP contribution in [0, 0.1) is 17.2 Å². The minimum absolute atomic E-state index is 0.672. The van der Waals surface area contributed by atoms with Gasteiger partial charge in [0.1, 0.15) is 14.5 Å². The predicted molar refractivity (Wildman–Crippen MR) is 77.7 cm³/mol. The lowest BCUT2D eigenvalue weighted by atomic mass is 10.1. The van der Waals surface area contributed by atoms with Crippen molar-refractivity contribution in [2.24, 2.45) is 0 Å². The van der Waals surface area contributed by atoms with E-state index in [9.17, 15) is 14.0 Å². The number of benzene rings is 2. The third-order valence-electron chi connectivity index (χ3n) is 3.21. The van der Waals surface area contributed by atoms with Crippen LogP contribution in [0.5, 0.6) is 0 Å². The first kappa shape index (κ1) is 15.4. The fourth-order valence-electron chi connectivity index (χ4n) is 2.20. The molecule has 0 amide bonds. The van der Waals surface area contributed by atoms with E-state index in [4.69, 9.17) is 3.74 Å². The van der Waals surface area contributed by atoms with Crippen LogP contribution >= 0.6 is 10.8 Å². The van der Waals surface area contributed by atoms with Crippen molar-refractivity contribution in [1.29, 1.82) is 0 Å². The summed E-state index contributed by atoms with van der Waals surface area (Å²) in [7, 11) is -5.78. The Morgan fingerprint density at radius 3 is 2.27 bits per heavy atom. The average Bonchev–Trinajstić information content (AvgIpc) is 2.47. The predicted octanol–water partition coefficient (Wildman–Crippen LogP) is 0.699. The molecule has 4 nitrogen and oxygen atoms in total. The maximum atomic E-state index is 11.1. The summed E-state index contributed by atoms with van der Waals surface area (Å²) < 4.78 is 38.1. The Morgan fingerprint density at radius 2 is 1.59 bits per heavy atom. The van der Waals surface area contributed by atoms with Crippen LogP contribution in [0.2, 0.25) is 0 Å². The molecule has 0 spiro atoms. The quantitative estimate of drug-likeness (QED) is 0.773. The number of halogens is 1. The third-order valence-corrected chi connectivity index (χ3v) is 5.87. The minimum atomic E-state index is -4.52. The van der Waals surface area contributed by atoms with E-state index in [1.165, 1.54) is 0 Å². The number of hydrogen-bond donors (Lipinski definition) is 0. The second kappa shape index (κ2) is 5.96. The van der Waals surface area contributed by atoms with Gasteiger partial charge in [-0.25, -0.2) is 0 Å². The molecule has 0 N–H and O–H groups in total. The molecule has 114 valence electrons. The number of allylic oxidation sites excluding steroid dienone is 1. The molecule has 0 radical (unpaired) electrons. The molecule has 0 aromatic heterocycles. The van der Waals surface area contributed by atoms with Crippen molar-refractivity contribution in [2.75, 3.05) is 0 Å². The van der Waals surface area contributed by atoms with Crippen LogP contribution in [0.1, 0.15) is 16.7 Å². The van der Waals surface area contributed by atoms with E-state index in [0.717, 1.165) is 16.7 Å². The van der Waals surface area contributed by atoms with Crippen LogP contribution in [0.4, 0.5) is 0 Å². The molecule has 1 unspecified atom stereocenters. The minimum Gasteiger partial charge on any atom is -0.182 e. The van der Waals surface area contributed by atoms with Crippen molar-refractivity contribution in [3.63, 3.8) is 0 Å². The van der Waals surface area contributed by atoms with Gasteiger partial charge in [-0.3, -0.25) is 0 Å². The zero-order valence-electron chi connectivity index (χ0n) is 11.7. The first-order valence-corrected chi connectivity index (χ1v) is 8.89. The SMILES string of the molecule is Cc1ccc(C2=S(O[Cl+3]([O-])([O-])[O-])c3ccccc3C=C2)cc1. The Morgan fingerprint density at radius 1 is 0.909 bits per heavy atom. The van der Waals surface area contributed by atoms with Crippen LogP contribution < -0.4 is 14.0 Å². The standard InChI is InChI=1S/C16H13ClO4S/c1-12-6-8-14(9-7-12)16-11-10-13-4-2-3-5-15(13)22(16)21-17(18,19)20/h2-11H,1H3. The Kier molecular flexibility index (Phi) is 4.18. The van der Waals surface area contributed by atoms with Gasteiger partial charge in [0.2, 0.25) is 0 Å². The van der Waals surface area contributed by atoms with Crippen molar-refractivity contribution in [3.8, 4) is 0 Å². The molecule has 2 aromatic rings. The van der Waals surface area contributed by atoms with Gasteiger partial charge in [-0.1, -0.05) is 54.1 Å². The van der Waals surface area contributed by atoms with Crippen molar-refractivity contribution < 1.29 is 28.0 Å². The van der Waals surface area contributed by atoms with E-state index >= 15 is 0 Å². The van der Waals surface area contributed by atoms with Crippen LogP contribution in [-0.4, -0.2) is 4.86 Å². The molecule has 2 aromatic carbocycles. The number of hydrogen-bond acceptors (Lipinski definition) is 4. The highest BCUT2D eigenvalue weighted by Crippen LogP contribution is 2.39. The molecule has 1 aliphatic heterocycles. The highest BCUT2D eigenvalue weighted by atomic mass is 35.7. The van der Waals surface area contributed by atoms with Gasteiger partial charge in [0.15, 0.2) is 0 Å². The zero-order valence-corrected chi connectivity index (χ0v) is 13.3. The number of aryl methyl sites for hydroxylation is 1. The Balaban J connectivity index is 2.18. The fraction of sp³-hybridized carbons (Fsp3) is 0.0625. The molecule has 0 aliphatic carbocycles. The van der Waals surface area contributed by atoms with E-state index in [-0.39, 0.29) is 0 Å². The lowest BCUT2D eigenvalue weighted by Gasteiger charge is -2.19. The van der Waals surface area contributed by atoms with Crippen LogP contribution in [0.25, 0.3) is 6.08 Å².